The van der Waals surface area contributed by atoms with Crippen LogP contribution >= 0.6 is 0 Å². The topological polar surface area (TPSA) is 64.9 Å². The van der Waals surface area contributed by atoms with Gasteiger partial charge in [-0.05, 0) is 0 Å². The maximum absolute atomic E-state index is 5.93. The van der Waals surface area contributed by atoms with E-state index in [4.69, 9.17) is 23.9 Å². The van der Waals surface area contributed by atoms with E-state index >= 15 is 0 Å². The van der Waals surface area contributed by atoms with Gasteiger partial charge in [0.25, 0.3) is 0 Å². The molecular formula is C22H24BN3O4. The second-order valence-electron chi connectivity index (χ2n) is 6.86. The summed E-state index contributed by atoms with van der Waals surface area (Å²) in [5, 5.41) is 0. The summed E-state index contributed by atoms with van der Waals surface area (Å²) < 4.78 is 22.0. The van der Waals surface area contributed by atoms with Crippen LogP contribution in [0.15, 0.2) is 40.3 Å². The molecule has 0 amide bonds. The van der Waals surface area contributed by atoms with Gasteiger partial charge < -0.3 is 4.74 Å². The molecule has 2 heterocycles. The third-order valence-corrected chi connectivity index (χ3v) is 4.96. The van der Waals surface area contributed by atoms with E-state index < -0.39 is 0 Å². The number of rotatable bonds is 9. The van der Waals surface area contributed by atoms with Crippen molar-refractivity contribution in [3.8, 4) is 11.5 Å². The van der Waals surface area contributed by atoms with Gasteiger partial charge in [-0.1, -0.05) is 0 Å². The molecule has 2 aliphatic rings. The van der Waals surface area contributed by atoms with E-state index in [2.05, 4.69) is 11.5 Å². The summed E-state index contributed by atoms with van der Waals surface area (Å²) in [5.41, 5.74) is 4.86. The number of hydrogen-bond donors (Lipinski definition) is 0. The number of aliphatic imine (C=N–C) groups is 2. The molecule has 2 aromatic carbocycles. The summed E-state index contributed by atoms with van der Waals surface area (Å²) in [6.07, 6.45) is 1.81. The van der Waals surface area contributed by atoms with Crippen LogP contribution in [0.5, 0.6) is 11.5 Å². The molecule has 154 valence electrons. The molecule has 0 aromatic heterocycles. The second-order valence-corrected chi connectivity index (χ2v) is 6.86. The van der Waals surface area contributed by atoms with Crippen molar-refractivity contribution in [1.29, 1.82) is 0 Å². The van der Waals surface area contributed by atoms with Crippen LogP contribution in [0.1, 0.15) is 11.1 Å². The van der Waals surface area contributed by atoms with Crippen LogP contribution in [-0.2, 0) is 16.0 Å². The fourth-order valence-electron chi connectivity index (χ4n) is 3.46. The molecule has 0 N–H and O–H groups in total. The number of methoxy groups -OCH3 is 2. The zero-order valence-electron chi connectivity index (χ0n) is 17.3. The number of nitrogens with zero attached hydrogens (tertiary/aromatic N) is 3. The fraction of sp³-hybridized carbons (Fsp3) is 0.318. The number of ether oxygens (including phenoxy) is 4. The molecule has 0 spiro atoms. The predicted molar refractivity (Wildman–Crippen MR) is 120 cm³/mol. The third-order valence-electron chi connectivity index (χ3n) is 4.96. The molecule has 8 heteroatoms. The molecule has 4 rings (SSSR count). The van der Waals surface area contributed by atoms with Crippen LogP contribution in [0.4, 0.5) is 11.4 Å². The van der Waals surface area contributed by atoms with Crippen LogP contribution in [0, 0.1) is 0 Å². The van der Waals surface area contributed by atoms with Crippen molar-refractivity contribution in [3.63, 3.8) is 0 Å². The second kappa shape index (κ2) is 9.23. The summed E-state index contributed by atoms with van der Waals surface area (Å²) in [6, 6.07) is 9.90. The van der Waals surface area contributed by atoms with Crippen LogP contribution in [0.3, 0.4) is 0 Å². The molecule has 0 unspecified atom stereocenters. The van der Waals surface area contributed by atoms with E-state index in [9.17, 15) is 0 Å². The van der Waals surface area contributed by atoms with Gasteiger partial charge >= 0.3 is 157 Å². The molecule has 0 saturated heterocycles. The quantitative estimate of drug-likeness (QED) is 0.472. The minimum atomic E-state index is 0.418. The number of amidine groups is 1. The Kier molecular flexibility index (Phi) is 6.25. The average molecular weight is 405 g/mol. The SMILES string of the molecule is C=Bc1cccc2c1CN1C=Nc3cc(OCCOC)c(OCCOC)cc3C1=N2. The summed E-state index contributed by atoms with van der Waals surface area (Å²) >= 11 is 0. The normalized spacial score (nSPS) is 13.7. The molecule has 7 nitrogen and oxygen atoms in total. The molecule has 0 radical (unpaired) electrons. The van der Waals surface area contributed by atoms with E-state index in [1.807, 2.05) is 48.5 Å². The van der Waals surface area contributed by atoms with Gasteiger partial charge in [-0.25, -0.2) is 0 Å². The molecule has 0 bridgehead atoms. The molecular weight excluding hydrogens is 381 g/mol. The van der Waals surface area contributed by atoms with E-state index in [0.717, 1.165) is 33.8 Å². The van der Waals surface area contributed by atoms with Gasteiger partial charge in [0.05, 0.1) is 0 Å². The Morgan fingerprint density at radius 3 is 2.43 bits per heavy atom. The molecule has 30 heavy (non-hydrogen) atoms. The van der Waals surface area contributed by atoms with Crippen molar-refractivity contribution in [3.05, 3.63) is 41.5 Å². The number of hydrogen-bond acceptors (Lipinski definition) is 7. The van der Waals surface area contributed by atoms with E-state index in [1.54, 1.807) is 14.2 Å². The average Bonchev–Trinajstić information content (AvgIpc) is 2.77. The first-order valence-electron chi connectivity index (χ1n) is 9.81. The van der Waals surface area contributed by atoms with Gasteiger partial charge in [0.15, 0.2) is 0 Å². The van der Waals surface area contributed by atoms with E-state index in [0.29, 0.717) is 44.5 Å². The minimum absolute atomic E-state index is 0.418. The standard InChI is InChI=1S/C22H24BN3O4/c1-23-17-5-4-6-18-16(17)13-26-14-24-19-12-21(30-10-8-28-3)20(29-9-7-27-2)11-15(19)22(26)25-18/h4-6,11-12,14H,1,7-10,13H2,2-3H3. The summed E-state index contributed by atoms with van der Waals surface area (Å²) in [4.78, 5) is 11.6. The van der Waals surface area contributed by atoms with Crippen LogP contribution in [0.25, 0.3) is 0 Å². The molecule has 0 atom stereocenters. The van der Waals surface area contributed by atoms with Crippen molar-refractivity contribution in [2.45, 2.75) is 6.54 Å². The Labute approximate surface area is 176 Å². The van der Waals surface area contributed by atoms with E-state index in [1.165, 1.54) is 0 Å². The van der Waals surface area contributed by atoms with Gasteiger partial charge in [-0.2, -0.15) is 0 Å². The van der Waals surface area contributed by atoms with Gasteiger partial charge in [-0.3, -0.25) is 0 Å². The first-order chi connectivity index (χ1) is 14.7. The summed E-state index contributed by atoms with van der Waals surface area (Å²) in [6.45, 7) is 8.27. The van der Waals surface area contributed by atoms with Crippen LogP contribution < -0.4 is 14.9 Å². The zero-order chi connectivity index (χ0) is 20.9. The van der Waals surface area contributed by atoms with Gasteiger partial charge in [0, 0.05) is 14.2 Å². The number of fused-ring (bicyclic) bond motifs is 4. The molecule has 0 aliphatic carbocycles. The Morgan fingerprint density at radius 1 is 1.00 bits per heavy atom. The molecule has 0 saturated carbocycles. The van der Waals surface area contributed by atoms with Crippen molar-refractivity contribution in [1.82, 2.24) is 4.90 Å². The van der Waals surface area contributed by atoms with E-state index in [-0.39, 0.29) is 0 Å². The van der Waals surface area contributed by atoms with Crippen molar-refractivity contribution < 1.29 is 18.9 Å². The van der Waals surface area contributed by atoms with Gasteiger partial charge in [-0.15, -0.1) is 0 Å². The number of benzene rings is 2. The monoisotopic (exact) mass is 405 g/mol. The van der Waals surface area contributed by atoms with Crippen molar-refractivity contribution >= 4 is 42.4 Å². The third kappa shape index (κ3) is 4.01. The van der Waals surface area contributed by atoms with Crippen molar-refractivity contribution in [2.75, 3.05) is 40.6 Å². The Morgan fingerprint density at radius 2 is 1.73 bits per heavy atom. The predicted octanol–water partition coefficient (Wildman–Crippen LogP) is 2.07. The van der Waals surface area contributed by atoms with Gasteiger partial charge in [0.2, 0.25) is 0 Å². The Balaban J connectivity index is 1.73. The Hall–Kier alpha value is -2.97. The fourth-order valence-corrected chi connectivity index (χ4v) is 3.46. The first-order valence-corrected chi connectivity index (χ1v) is 9.81. The molecule has 2 aromatic rings. The molecule has 2 aliphatic heterocycles. The Bertz CT molecular complexity index is 1010. The first kappa shape index (κ1) is 20.3. The van der Waals surface area contributed by atoms with Crippen molar-refractivity contribution in [2.24, 2.45) is 9.98 Å². The van der Waals surface area contributed by atoms with Gasteiger partial charge in [0.1, 0.15) is 0 Å². The summed E-state index contributed by atoms with van der Waals surface area (Å²) in [5.74, 6) is 2.10. The van der Waals surface area contributed by atoms with Crippen LogP contribution in [0.2, 0.25) is 0 Å². The maximum atomic E-state index is 5.93. The van der Waals surface area contributed by atoms with Crippen LogP contribution in [-0.4, -0.2) is 71.1 Å². The zero-order valence-corrected chi connectivity index (χ0v) is 17.3. The summed E-state index contributed by atoms with van der Waals surface area (Å²) in [7, 11) is 3.28. The molecule has 0 fully saturated rings.